The molecule has 1 saturated heterocycles. The van der Waals surface area contributed by atoms with Crippen LogP contribution in [-0.2, 0) is 6.54 Å². The van der Waals surface area contributed by atoms with Gasteiger partial charge in [-0.25, -0.2) is 4.39 Å². The number of nitrogens with one attached hydrogen (secondary N) is 1. The highest BCUT2D eigenvalue weighted by Crippen LogP contribution is 2.13. The van der Waals surface area contributed by atoms with E-state index in [9.17, 15) is 4.39 Å². The first-order valence-corrected chi connectivity index (χ1v) is 7.70. The second-order valence-electron chi connectivity index (χ2n) is 4.81. The van der Waals surface area contributed by atoms with Crippen molar-refractivity contribution in [2.45, 2.75) is 25.8 Å². The third kappa shape index (κ3) is 4.48. The lowest BCUT2D eigenvalue weighted by molar-refractivity contribution is 0.229. The highest BCUT2D eigenvalue weighted by Gasteiger charge is 2.08. The van der Waals surface area contributed by atoms with E-state index in [0.29, 0.717) is 0 Å². The molecule has 0 aromatic heterocycles. The lowest BCUT2D eigenvalue weighted by Crippen LogP contribution is -2.35. The Hall–Kier alpha value is -0.200. The van der Waals surface area contributed by atoms with Crippen LogP contribution in [0.4, 0.5) is 4.39 Å². The molecule has 18 heavy (non-hydrogen) atoms. The summed E-state index contributed by atoms with van der Waals surface area (Å²) >= 11 is 2.19. The fourth-order valence-corrected chi connectivity index (χ4v) is 2.98. The fraction of sp³-hybridized carbons (Fsp3) is 0.571. The summed E-state index contributed by atoms with van der Waals surface area (Å²) in [5.41, 5.74) is 1.18. The second kappa shape index (κ2) is 7.40. The van der Waals surface area contributed by atoms with Gasteiger partial charge in [0.05, 0.1) is 0 Å². The average Bonchev–Trinajstić information content (AvgIpc) is 2.38. The van der Waals surface area contributed by atoms with Crippen molar-refractivity contribution in [1.29, 1.82) is 0 Å². The number of halogens is 2. The molecule has 0 unspecified atom stereocenters. The van der Waals surface area contributed by atoms with E-state index < -0.39 is 0 Å². The van der Waals surface area contributed by atoms with Crippen molar-refractivity contribution in [2.24, 2.45) is 0 Å². The lowest BCUT2D eigenvalue weighted by atomic mass is 10.1. The first kappa shape index (κ1) is 14.2. The Morgan fingerprint density at radius 3 is 2.72 bits per heavy atom. The number of benzene rings is 1. The van der Waals surface area contributed by atoms with Crippen molar-refractivity contribution < 1.29 is 4.39 Å². The Kier molecular flexibility index (Phi) is 5.85. The molecule has 2 nitrogen and oxygen atoms in total. The van der Waals surface area contributed by atoms with Crippen LogP contribution in [0.5, 0.6) is 0 Å². The Labute approximate surface area is 122 Å². The zero-order valence-corrected chi connectivity index (χ0v) is 12.7. The summed E-state index contributed by atoms with van der Waals surface area (Å²) in [6, 6.07) is 4.98. The van der Waals surface area contributed by atoms with E-state index in [1.54, 1.807) is 6.07 Å². The molecule has 1 aliphatic heterocycles. The fourth-order valence-electron chi connectivity index (χ4n) is 2.31. The van der Waals surface area contributed by atoms with Crippen molar-refractivity contribution in [3.63, 3.8) is 0 Å². The lowest BCUT2D eigenvalue weighted by Gasteiger charge is -2.26. The van der Waals surface area contributed by atoms with Crippen molar-refractivity contribution >= 4 is 22.6 Å². The van der Waals surface area contributed by atoms with Gasteiger partial charge >= 0.3 is 0 Å². The average molecular weight is 362 g/mol. The van der Waals surface area contributed by atoms with E-state index in [1.807, 2.05) is 6.07 Å². The first-order chi connectivity index (χ1) is 8.75. The summed E-state index contributed by atoms with van der Waals surface area (Å²) in [5, 5.41) is 3.44. The minimum absolute atomic E-state index is 0.156. The van der Waals surface area contributed by atoms with Gasteiger partial charge in [0, 0.05) is 23.2 Å². The maximum Gasteiger partial charge on any atom is 0.124 e. The molecule has 1 aliphatic rings. The summed E-state index contributed by atoms with van der Waals surface area (Å²) in [7, 11) is 0. The highest BCUT2D eigenvalue weighted by molar-refractivity contribution is 14.1. The maximum atomic E-state index is 12.9. The Morgan fingerprint density at radius 2 is 2.00 bits per heavy atom. The molecular weight excluding hydrogens is 342 g/mol. The SMILES string of the molecule is Fc1ccc(CNCCN2CCCCC2)c(I)c1. The van der Waals surface area contributed by atoms with Crippen LogP contribution < -0.4 is 5.32 Å². The Bertz CT molecular complexity index is 378. The molecule has 1 heterocycles. The molecule has 100 valence electrons. The van der Waals surface area contributed by atoms with Gasteiger partial charge in [-0.2, -0.15) is 0 Å². The van der Waals surface area contributed by atoms with Gasteiger partial charge in [0.2, 0.25) is 0 Å². The molecule has 0 aliphatic carbocycles. The minimum Gasteiger partial charge on any atom is -0.311 e. The quantitative estimate of drug-likeness (QED) is 0.640. The van der Waals surface area contributed by atoms with E-state index in [1.165, 1.54) is 44.0 Å². The normalized spacial score (nSPS) is 17.0. The standard InChI is InChI=1S/C14H20FIN2/c15-13-5-4-12(14(16)10-13)11-17-6-9-18-7-2-1-3-8-18/h4-5,10,17H,1-3,6-9,11H2. The van der Waals surface area contributed by atoms with Crippen LogP contribution in [0.15, 0.2) is 18.2 Å². The molecule has 0 saturated carbocycles. The van der Waals surface area contributed by atoms with Crippen LogP contribution in [0.25, 0.3) is 0 Å². The van der Waals surface area contributed by atoms with E-state index >= 15 is 0 Å². The summed E-state index contributed by atoms with van der Waals surface area (Å²) in [6.45, 7) is 5.45. The van der Waals surface area contributed by atoms with Crippen LogP contribution in [0.3, 0.4) is 0 Å². The number of rotatable bonds is 5. The van der Waals surface area contributed by atoms with Gasteiger partial charge in [0.25, 0.3) is 0 Å². The molecule has 0 atom stereocenters. The summed E-state index contributed by atoms with van der Waals surface area (Å²) in [6.07, 6.45) is 4.07. The van der Waals surface area contributed by atoms with Crippen LogP contribution >= 0.6 is 22.6 Å². The Balaban J connectivity index is 1.68. The molecule has 0 amide bonds. The summed E-state index contributed by atoms with van der Waals surface area (Å²) in [5.74, 6) is -0.156. The number of hydrogen-bond acceptors (Lipinski definition) is 2. The molecule has 0 bridgehead atoms. The monoisotopic (exact) mass is 362 g/mol. The van der Waals surface area contributed by atoms with Crippen LogP contribution in [0.1, 0.15) is 24.8 Å². The second-order valence-corrected chi connectivity index (χ2v) is 5.98. The van der Waals surface area contributed by atoms with Gasteiger partial charge in [-0.1, -0.05) is 12.5 Å². The summed E-state index contributed by atoms with van der Waals surface area (Å²) < 4.78 is 13.9. The molecule has 1 aromatic carbocycles. The summed E-state index contributed by atoms with van der Waals surface area (Å²) in [4.78, 5) is 2.52. The molecule has 1 fully saturated rings. The third-order valence-electron chi connectivity index (χ3n) is 3.38. The largest absolute Gasteiger partial charge is 0.311 e. The molecule has 4 heteroatoms. The molecular formula is C14H20FIN2. The predicted octanol–water partition coefficient (Wildman–Crippen LogP) is 3.01. The van der Waals surface area contributed by atoms with Crippen molar-refractivity contribution in [2.75, 3.05) is 26.2 Å². The van der Waals surface area contributed by atoms with Crippen molar-refractivity contribution in [1.82, 2.24) is 10.2 Å². The zero-order chi connectivity index (χ0) is 12.8. The van der Waals surface area contributed by atoms with E-state index in [-0.39, 0.29) is 5.82 Å². The highest BCUT2D eigenvalue weighted by atomic mass is 127. The van der Waals surface area contributed by atoms with Gasteiger partial charge < -0.3 is 10.2 Å². The maximum absolute atomic E-state index is 12.9. The number of piperidine rings is 1. The van der Waals surface area contributed by atoms with E-state index in [4.69, 9.17) is 0 Å². The van der Waals surface area contributed by atoms with Gasteiger partial charge in [-0.15, -0.1) is 0 Å². The van der Waals surface area contributed by atoms with Crippen LogP contribution in [0.2, 0.25) is 0 Å². The van der Waals surface area contributed by atoms with Crippen molar-refractivity contribution in [3.8, 4) is 0 Å². The molecule has 0 radical (unpaired) electrons. The number of nitrogens with zero attached hydrogens (tertiary/aromatic N) is 1. The van der Waals surface area contributed by atoms with E-state index in [2.05, 4.69) is 32.8 Å². The number of hydrogen-bond donors (Lipinski definition) is 1. The predicted molar refractivity (Wildman–Crippen MR) is 81.1 cm³/mol. The molecule has 0 spiro atoms. The molecule has 1 N–H and O–H groups in total. The van der Waals surface area contributed by atoms with Crippen LogP contribution in [-0.4, -0.2) is 31.1 Å². The third-order valence-corrected chi connectivity index (χ3v) is 4.39. The zero-order valence-electron chi connectivity index (χ0n) is 10.6. The van der Waals surface area contributed by atoms with Gasteiger partial charge in [0.15, 0.2) is 0 Å². The molecule has 1 aromatic rings. The van der Waals surface area contributed by atoms with Gasteiger partial charge in [0.1, 0.15) is 5.82 Å². The number of likely N-dealkylation sites (tertiary alicyclic amines) is 1. The smallest absolute Gasteiger partial charge is 0.124 e. The van der Waals surface area contributed by atoms with Crippen LogP contribution in [0, 0.1) is 9.39 Å². The Morgan fingerprint density at radius 1 is 1.22 bits per heavy atom. The van der Waals surface area contributed by atoms with Crippen molar-refractivity contribution in [3.05, 3.63) is 33.1 Å². The topological polar surface area (TPSA) is 15.3 Å². The minimum atomic E-state index is -0.156. The molecule has 2 rings (SSSR count). The van der Waals surface area contributed by atoms with E-state index in [0.717, 1.165) is 23.2 Å². The van der Waals surface area contributed by atoms with Gasteiger partial charge in [-0.3, -0.25) is 0 Å². The van der Waals surface area contributed by atoms with Gasteiger partial charge in [-0.05, 0) is 66.2 Å². The first-order valence-electron chi connectivity index (χ1n) is 6.63.